The van der Waals surface area contributed by atoms with Gasteiger partial charge in [0.05, 0.1) is 6.16 Å². The van der Waals surface area contributed by atoms with Crippen LogP contribution >= 0.6 is 7.26 Å². The third-order valence-electron chi connectivity index (χ3n) is 6.93. The number of rotatable bonds is 12. The quantitative estimate of drug-likeness (QED) is 0.179. The molecule has 0 aliphatic rings. The van der Waals surface area contributed by atoms with Crippen LogP contribution in [0.2, 0.25) is 0 Å². The molecule has 0 aliphatic carbocycles. The summed E-state index contributed by atoms with van der Waals surface area (Å²) in [6.07, 6.45) is 14.2. The minimum Gasteiger partial charge on any atom is -0.0853 e. The topological polar surface area (TPSA) is 0 Å². The van der Waals surface area contributed by atoms with Gasteiger partial charge in [-0.15, -0.1) is 0 Å². The normalized spacial score (nSPS) is 13.2. The molecule has 1 heteroatoms. The van der Waals surface area contributed by atoms with E-state index in [1.165, 1.54) is 39.1 Å². The van der Waals surface area contributed by atoms with E-state index >= 15 is 0 Å². The van der Waals surface area contributed by atoms with Gasteiger partial charge in [0.25, 0.3) is 0 Å². The summed E-state index contributed by atoms with van der Waals surface area (Å²) in [7, 11) is -1.78. The highest BCUT2D eigenvalue weighted by molar-refractivity contribution is 7.95. The summed E-state index contributed by atoms with van der Waals surface area (Å²) >= 11 is 0. The van der Waals surface area contributed by atoms with E-state index in [0.29, 0.717) is 0 Å². The number of allylic oxidation sites excluding steroid dienone is 6. The smallest absolute Gasteiger partial charge is 0.0853 e. The van der Waals surface area contributed by atoms with Crippen molar-refractivity contribution in [3.8, 4) is 0 Å². The van der Waals surface area contributed by atoms with Crippen LogP contribution < -0.4 is 15.9 Å². The largest absolute Gasteiger partial charge is 0.115 e. The fourth-order valence-electron chi connectivity index (χ4n) is 4.54. The first-order valence-corrected chi connectivity index (χ1v) is 15.1. The fraction of sp³-hybridized carbons (Fsp3) is 0.294. The van der Waals surface area contributed by atoms with Gasteiger partial charge < -0.3 is 0 Å². The Labute approximate surface area is 214 Å². The van der Waals surface area contributed by atoms with E-state index in [2.05, 4.69) is 137 Å². The second kappa shape index (κ2) is 14.0. The third-order valence-corrected chi connectivity index (χ3v) is 11.2. The molecule has 182 valence electrons. The zero-order chi connectivity index (χ0) is 24.9. The summed E-state index contributed by atoms with van der Waals surface area (Å²) in [4.78, 5) is 0. The van der Waals surface area contributed by atoms with Gasteiger partial charge in [0, 0.05) is 0 Å². The second-order valence-corrected chi connectivity index (χ2v) is 13.1. The molecular weight excluding hydrogens is 439 g/mol. The van der Waals surface area contributed by atoms with E-state index in [4.69, 9.17) is 0 Å². The summed E-state index contributed by atoms with van der Waals surface area (Å²) in [5.74, 6) is 0. The maximum absolute atomic E-state index is 2.53. The molecule has 0 fully saturated rings. The molecule has 3 aromatic rings. The van der Waals surface area contributed by atoms with E-state index < -0.39 is 7.26 Å². The number of hydrogen-bond donors (Lipinski definition) is 0. The SMILES string of the molecule is CC/C(C)=C/CC/C(C)=C/CC/C(C)=C/C[P+](c1ccccc1)(c1ccccc1)c1ccccc1. The molecule has 0 saturated heterocycles. The molecule has 0 radical (unpaired) electrons. The molecule has 0 saturated carbocycles. The molecule has 0 aromatic heterocycles. The molecule has 0 unspecified atom stereocenters. The molecular formula is C34H42P+. The second-order valence-electron chi connectivity index (χ2n) is 9.58. The Hall–Kier alpha value is -2.69. The van der Waals surface area contributed by atoms with Crippen LogP contribution in [-0.4, -0.2) is 6.16 Å². The van der Waals surface area contributed by atoms with Gasteiger partial charge in [0.1, 0.15) is 23.2 Å². The van der Waals surface area contributed by atoms with Gasteiger partial charge in [0.2, 0.25) is 0 Å². The fourth-order valence-corrected chi connectivity index (χ4v) is 8.70. The van der Waals surface area contributed by atoms with E-state index in [9.17, 15) is 0 Å². The van der Waals surface area contributed by atoms with Crippen molar-refractivity contribution in [2.75, 3.05) is 6.16 Å². The molecule has 3 rings (SSSR count). The zero-order valence-corrected chi connectivity index (χ0v) is 23.0. The Kier molecular flexibility index (Phi) is 10.8. The van der Waals surface area contributed by atoms with Crippen LogP contribution in [0.25, 0.3) is 0 Å². The molecule has 0 nitrogen and oxygen atoms in total. The molecule has 0 atom stereocenters. The van der Waals surface area contributed by atoms with E-state index in [1.54, 1.807) is 0 Å². The summed E-state index contributed by atoms with van der Waals surface area (Å²) in [6, 6.07) is 33.5. The van der Waals surface area contributed by atoms with Crippen molar-refractivity contribution in [2.45, 2.75) is 59.8 Å². The summed E-state index contributed by atoms with van der Waals surface area (Å²) in [5.41, 5.74) is 4.50. The van der Waals surface area contributed by atoms with E-state index in [-0.39, 0.29) is 0 Å². The van der Waals surface area contributed by atoms with Crippen LogP contribution in [0.3, 0.4) is 0 Å². The van der Waals surface area contributed by atoms with Crippen molar-refractivity contribution in [1.82, 2.24) is 0 Å². The Morgan fingerprint density at radius 1 is 0.543 bits per heavy atom. The third kappa shape index (κ3) is 7.65. The van der Waals surface area contributed by atoms with Gasteiger partial charge in [-0.25, -0.2) is 0 Å². The Bertz CT molecular complexity index is 1010. The van der Waals surface area contributed by atoms with Crippen LogP contribution in [0.1, 0.15) is 59.8 Å². The Morgan fingerprint density at radius 3 is 1.31 bits per heavy atom. The Balaban J connectivity index is 1.83. The summed E-state index contributed by atoms with van der Waals surface area (Å²) in [5, 5.41) is 4.35. The van der Waals surface area contributed by atoms with E-state index in [1.807, 2.05) is 0 Å². The highest BCUT2D eigenvalue weighted by Gasteiger charge is 2.44. The van der Waals surface area contributed by atoms with Crippen molar-refractivity contribution in [3.05, 3.63) is 126 Å². The molecule has 3 aromatic carbocycles. The summed E-state index contributed by atoms with van der Waals surface area (Å²) in [6.45, 7) is 9.06. The monoisotopic (exact) mass is 481 g/mol. The predicted molar refractivity (Wildman–Crippen MR) is 160 cm³/mol. The number of hydrogen-bond acceptors (Lipinski definition) is 0. The molecule has 0 amide bonds. The lowest BCUT2D eigenvalue weighted by Gasteiger charge is -2.27. The lowest BCUT2D eigenvalue weighted by atomic mass is 10.1. The molecule has 0 heterocycles. The first-order valence-electron chi connectivity index (χ1n) is 13.1. The number of benzene rings is 3. The van der Waals surface area contributed by atoms with Crippen molar-refractivity contribution < 1.29 is 0 Å². The van der Waals surface area contributed by atoms with Crippen LogP contribution in [-0.2, 0) is 0 Å². The average Bonchev–Trinajstić information content (AvgIpc) is 2.91. The predicted octanol–water partition coefficient (Wildman–Crippen LogP) is 8.79. The van der Waals surface area contributed by atoms with Gasteiger partial charge in [-0.05, 0) is 95.3 Å². The van der Waals surface area contributed by atoms with Crippen LogP contribution in [0, 0.1) is 0 Å². The van der Waals surface area contributed by atoms with Crippen molar-refractivity contribution >= 4 is 23.2 Å². The van der Waals surface area contributed by atoms with Crippen molar-refractivity contribution in [1.29, 1.82) is 0 Å². The Morgan fingerprint density at radius 2 is 0.914 bits per heavy atom. The maximum Gasteiger partial charge on any atom is 0.115 e. The van der Waals surface area contributed by atoms with Gasteiger partial charge in [-0.1, -0.05) is 90.4 Å². The van der Waals surface area contributed by atoms with Crippen LogP contribution in [0.5, 0.6) is 0 Å². The molecule has 0 aliphatic heterocycles. The lowest BCUT2D eigenvalue weighted by molar-refractivity contribution is 0.912. The maximum atomic E-state index is 2.53. The minimum absolute atomic E-state index is 1.06. The van der Waals surface area contributed by atoms with Gasteiger partial charge >= 0.3 is 0 Å². The molecule has 35 heavy (non-hydrogen) atoms. The lowest BCUT2D eigenvalue weighted by Crippen LogP contribution is -2.33. The van der Waals surface area contributed by atoms with Gasteiger partial charge in [0.15, 0.2) is 0 Å². The van der Waals surface area contributed by atoms with Crippen LogP contribution in [0.4, 0.5) is 0 Å². The van der Waals surface area contributed by atoms with Gasteiger partial charge in [-0.2, -0.15) is 0 Å². The highest BCUT2D eigenvalue weighted by atomic mass is 31.2. The first kappa shape index (κ1) is 26.9. The highest BCUT2D eigenvalue weighted by Crippen LogP contribution is 2.55. The van der Waals surface area contributed by atoms with Gasteiger partial charge in [-0.3, -0.25) is 0 Å². The van der Waals surface area contributed by atoms with Crippen molar-refractivity contribution in [3.63, 3.8) is 0 Å². The molecule has 0 N–H and O–H groups in total. The standard InChI is InChI=1S/C34H42P/c1-5-29(2)17-15-18-30(3)19-16-20-31(4)27-28-35(32-21-9-6-10-22-32,33-23-11-7-12-24-33)34-25-13-8-14-26-34/h6-14,17,19,21-27H,5,15-16,18,20,28H2,1-4H3/q+1/b29-17+,30-19+,31-27+. The minimum atomic E-state index is -1.78. The van der Waals surface area contributed by atoms with E-state index in [0.717, 1.165) is 31.8 Å². The van der Waals surface area contributed by atoms with Crippen molar-refractivity contribution in [2.24, 2.45) is 0 Å². The molecule has 0 spiro atoms. The summed E-state index contributed by atoms with van der Waals surface area (Å²) < 4.78 is 0. The first-order chi connectivity index (χ1) is 17.1. The molecule has 0 bridgehead atoms. The average molecular weight is 482 g/mol. The zero-order valence-electron chi connectivity index (χ0n) is 22.1. The van der Waals surface area contributed by atoms with Crippen LogP contribution in [0.15, 0.2) is 126 Å².